The van der Waals surface area contributed by atoms with Crippen LogP contribution in [0.1, 0.15) is 23.0 Å². The van der Waals surface area contributed by atoms with Gasteiger partial charge in [0.1, 0.15) is 9.77 Å². The molecule has 6 nitrogen and oxygen atoms in total. The topological polar surface area (TPSA) is 83.9 Å². The summed E-state index contributed by atoms with van der Waals surface area (Å²) < 4.78 is 30.9. The Bertz CT molecular complexity index is 595. The SMILES string of the molecule is COC(=O)c1sccc1S(=O)(=O)N1CCC(C)C(O)C1. The maximum atomic E-state index is 12.6. The van der Waals surface area contributed by atoms with Crippen molar-refractivity contribution in [2.45, 2.75) is 24.3 Å². The van der Waals surface area contributed by atoms with Crippen molar-refractivity contribution in [3.63, 3.8) is 0 Å². The number of carbonyl (C=O) groups is 1. The standard InChI is InChI=1S/C12H17NO5S2/c1-8-3-5-13(7-9(8)14)20(16,17)10-4-6-19-11(10)12(15)18-2/h4,6,8-9,14H,3,5,7H2,1-2H3. The summed E-state index contributed by atoms with van der Waals surface area (Å²) in [5.41, 5.74) is 0. The van der Waals surface area contributed by atoms with Crippen LogP contribution in [-0.2, 0) is 14.8 Å². The first-order chi connectivity index (χ1) is 9.37. The van der Waals surface area contributed by atoms with Crippen molar-refractivity contribution in [2.24, 2.45) is 5.92 Å². The minimum Gasteiger partial charge on any atom is -0.465 e. The number of piperidine rings is 1. The lowest BCUT2D eigenvalue weighted by Gasteiger charge is -2.33. The van der Waals surface area contributed by atoms with Crippen molar-refractivity contribution in [3.05, 3.63) is 16.3 Å². The van der Waals surface area contributed by atoms with E-state index in [2.05, 4.69) is 4.74 Å². The molecule has 2 heterocycles. The maximum absolute atomic E-state index is 12.6. The summed E-state index contributed by atoms with van der Waals surface area (Å²) in [5.74, 6) is -0.589. The monoisotopic (exact) mass is 319 g/mol. The Morgan fingerprint density at radius 1 is 1.55 bits per heavy atom. The molecule has 1 saturated heterocycles. The summed E-state index contributed by atoms with van der Waals surface area (Å²) in [5, 5.41) is 11.4. The van der Waals surface area contributed by atoms with Crippen LogP contribution >= 0.6 is 11.3 Å². The fourth-order valence-electron chi connectivity index (χ4n) is 2.12. The summed E-state index contributed by atoms with van der Waals surface area (Å²) >= 11 is 1.03. The van der Waals surface area contributed by atoms with Gasteiger partial charge in [0.2, 0.25) is 10.0 Å². The molecule has 1 N–H and O–H groups in total. The number of esters is 1. The molecule has 8 heteroatoms. The van der Waals surface area contributed by atoms with Crippen LogP contribution < -0.4 is 0 Å². The molecule has 1 aromatic heterocycles. The average molecular weight is 319 g/mol. The van der Waals surface area contributed by atoms with Crippen LogP contribution in [0.2, 0.25) is 0 Å². The number of hydrogen-bond donors (Lipinski definition) is 1. The molecule has 1 aromatic rings. The molecule has 1 aliphatic heterocycles. The predicted molar refractivity (Wildman–Crippen MR) is 74.2 cm³/mol. The minimum absolute atomic E-state index is 0.0453. The first-order valence-corrected chi connectivity index (χ1v) is 8.54. The Kier molecular flexibility index (Phi) is 4.48. The van der Waals surface area contributed by atoms with Gasteiger partial charge in [0.05, 0.1) is 13.2 Å². The number of ether oxygens (including phenoxy) is 1. The first-order valence-electron chi connectivity index (χ1n) is 6.22. The molecule has 112 valence electrons. The number of aliphatic hydroxyl groups excluding tert-OH is 1. The van der Waals surface area contributed by atoms with Crippen LogP contribution in [0.25, 0.3) is 0 Å². The summed E-state index contributed by atoms with van der Waals surface area (Å²) in [7, 11) is -2.56. The maximum Gasteiger partial charge on any atom is 0.349 e. The normalized spacial score (nSPS) is 24.6. The van der Waals surface area contributed by atoms with Crippen LogP contribution in [0.3, 0.4) is 0 Å². The zero-order chi connectivity index (χ0) is 14.9. The van der Waals surface area contributed by atoms with E-state index in [1.54, 1.807) is 5.38 Å². The Morgan fingerprint density at radius 2 is 2.25 bits per heavy atom. The highest BCUT2D eigenvalue weighted by Crippen LogP contribution is 2.29. The lowest BCUT2D eigenvalue weighted by atomic mass is 9.98. The molecule has 0 bridgehead atoms. The van der Waals surface area contributed by atoms with E-state index in [1.807, 2.05) is 6.92 Å². The van der Waals surface area contributed by atoms with Gasteiger partial charge in [-0.05, 0) is 23.8 Å². The molecule has 0 amide bonds. The molecule has 2 atom stereocenters. The minimum atomic E-state index is -3.78. The summed E-state index contributed by atoms with van der Waals surface area (Å²) in [4.78, 5) is 11.6. The molecule has 0 radical (unpaired) electrons. The molecule has 2 unspecified atom stereocenters. The third-order valence-corrected chi connectivity index (χ3v) is 6.43. The van der Waals surface area contributed by atoms with Crippen molar-refractivity contribution in [3.8, 4) is 0 Å². The number of β-amino-alcohol motifs (C(OH)–C–C–N with tert-alkyl or cyclic N) is 1. The van der Waals surface area contributed by atoms with E-state index in [0.29, 0.717) is 13.0 Å². The predicted octanol–water partition coefficient (Wildman–Crippen LogP) is 0.926. The summed E-state index contributed by atoms with van der Waals surface area (Å²) in [6, 6.07) is 1.40. The molecule has 0 aliphatic carbocycles. The van der Waals surface area contributed by atoms with E-state index >= 15 is 0 Å². The molecule has 1 fully saturated rings. The Labute approximate surface area is 122 Å². The van der Waals surface area contributed by atoms with Crippen LogP contribution in [0.5, 0.6) is 0 Å². The number of sulfonamides is 1. The zero-order valence-electron chi connectivity index (χ0n) is 11.3. The second kappa shape index (κ2) is 5.80. The fraction of sp³-hybridized carbons (Fsp3) is 0.583. The number of methoxy groups -OCH3 is 1. The third kappa shape index (κ3) is 2.73. The van der Waals surface area contributed by atoms with E-state index in [9.17, 15) is 18.3 Å². The number of thiophene rings is 1. The van der Waals surface area contributed by atoms with Gasteiger partial charge in [-0.25, -0.2) is 13.2 Å². The lowest BCUT2D eigenvalue weighted by Crippen LogP contribution is -2.45. The van der Waals surface area contributed by atoms with Gasteiger partial charge in [0, 0.05) is 13.1 Å². The summed E-state index contributed by atoms with van der Waals surface area (Å²) in [6.07, 6.45) is -0.0864. The van der Waals surface area contributed by atoms with E-state index in [0.717, 1.165) is 11.3 Å². The van der Waals surface area contributed by atoms with Crippen LogP contribution in [0.15, 0.2) is 16.3 Å². The molecular weight excluding hydrogens is 302 g/mol. The fourth-order valence-corrected chi connectivity index (χ4v) is 4.90. The van der Waals surface area contributed by atoms with Crippen molar-refractivity contribution >= 4 is 27.3 Å². The molecule has 0 spiro atoms. The quantitative estimate of drug-likeness (QED) is 0.838. The van der Waals surface area contributed by atoms with Crippen LogP contribution in [0.4, 0.5) is 0 Å². The Morgan fingerprint density at radius 3 is 2.85 bits per heavy atom. The first kappa shape index (κ1) is 15.4. The largest absolute Gasteiger partial charge is 0.465 e. The van der Waals surface area contributed by atoms with Gasteiger partial charge in [-0.2, -0.15) is 4.31 Å². The zero-order valence-corrected chi connectivity index (χ0v) is 12.9. The molecule has 20 heavy (non-hydrogen) atoms. The number of aliphatic hydroxyl groups is 1. The van der Waals surface area contributed by atoms with Gasteiger partial charge in [0.25, 0.3) is 0 Å². The van der Waals surface area contributed by atoms with Crippen molar-refractivity contribution in [2.75, 3.05) is 20.2 Å². The van der Waals surface area contributed by atoms with Gasteiger partial charge >= 0.3 is 5.97 Å². The molecule has 0 aromatic carbocycles. The smallest absolute Gasteiger partial charge is 0.349 e. The van der Waals surface area contributed by atoms with Gasteiger partial charge < -0.3 is 9.84 Å². The average Bonchev–Trinajstić information content (AvgIpc) is 2.90. The van der Waals surface area contributed by atoms with Gasteiger partial charge in [-0.3, -0.25) is 0 Å². The number of hydrogen-bond acceptors (Lipinski definition) is 6. The second-order valence-electron chi connectivity index (χ2n) is 4.80. The van der Waals surface area contributed by atoms with Crippen molar-refractivity contribution in [1.29, 1.82) is 0 Å². The van der Waals surface area contributed by atoms with Gasteiger partial charge in [-0.1, -0.05) is 6.92 Å². The highest BCUT2D eigenvalue weighted by molar-refractivity contribution is 7.89. The number of rotatable bonds is 3. The number of nitrogens with zero attached hydrogens (tertiary/aromatic N) is 1. The molecule has 0 saturated carbocycles. The summed E-state index contributed by atoms with van der Waals surface area (Å²) in [6.45, 7) is 2.29. The molecule has 2 rings (SSSR count). The highest BCUT2D eigenvalue weighted by atomic mass is 32.2. The van der Waals surface area contributed by atoms with Crippen molar-refractivity contribution < 1.29 is 23.1 Å². The van der Waals surface area contributed by atoms with Crippen LogP contribution in [0, 0.1) is 5.92 Å². The van der Waals surface area contributed by atoms with E-state index in [1.165, 1.54) is 17.5 Å². The van der Waals surface area contributed by atoms with E-state index in [4.69, 9.17) is 0 Å². The van der Waals surface area contributed by atoms with Gasteiger partial charge in [0.15, 0.2) is 0 Å². The molecule has 1 aliphatic rings. The Balaban J connectivity index is 2.32. The third-order valence-electron chi connectivity index (χ3n) is 3.50. The van der Waals surface area contributed by atoms with E-state index in [-0.39, 0.29) is 22.2 Å². The van der Waals surface area contributed by atoms with E-state index < -0.39 is 22.1 Å². The highest BCUT2D eigenvalue weighted by Gasteiger charge is 2.35. The Hall–Kier alpha value is -0.960. The lowest BCUT2D eigenvalue weighted by molar-refractivity contribution is 0.0593. The second-order valence-corrected chi connectivity index (χ2v) is 7.62. The van der Waals surface area contributed by atoms with Gasteiger partial charge in [-0.15, -0.1) is 11.3 Å². The van der Waals surface area contributed by atoms with Crippen LogP contribution in [-0.4, -0.2) is 50.1 Å². The van der Waals surface area contributed by atoms with Crippen molar-refractivity contribution in [1.82, 2.24) is 4.31 Å². The molecular formula is C12H17NO5S2. The number of carbonyl (C=O) groups excluding carboxylic acids is 1.